The van der Waals surface area contributed by atoms with Gasteiger partial charge in [0.15, 0.2) is 11.5 Å². The number of nitrogens with zero attached hydrogens (tertiary/aromatic N) is 1. The molecular formula is C20H20FN3O3. The predicted octanol–water partition coefficient (Wildman–Crippen LogP) is 3.55. The van der Waals surface area contributed by atoms with Gasteiger partial charge in [-0.1, -0.05) is 6.07 Å². The highest BCUT2D eigenvalue weighted by molar-refractivity contribution is 5.93. The zero-order valence-corrected chi connectivity index (χ0v) is 15.1. The highest BCUT2D eigenvalue weighted by Gasteiger charge is 2.12. The maximum Gasteiger partial charge on any atom is 0.269 e. The number of hydrogen-bond donors (Lipinski definition) is 2. The highest BCUT2D eigenvalue weighted by atomic mass is 19.1. The molecular weight excluding hydrogens is 349 g/mol. The lowest BCUT2D eigenvalue weighted by molar-refractivity contribution is 0.0946. The van der Waals surface area contributed by atoms with Crippen molar-refractivity contribution in [3.8, 4) is 22.8 Å². The highest BCUT2D eigenvalue weighted by Crippen LogP contribution is 2.28. The lowest BCUT2D eigenvalue weighted by Gasteiger charge is -2.11. The molecule has 3 aromatic rings. The summed E-state index contributed by atoms with van der Waals surface area (Å²) in [6, 6.07) is 13.0. The zero-order valence-electron chi connectivity index (χ0n) is 15.1. The van der Waals surface area contributed by atoms with Crippen LogP contribution in [0.3, 0.4) is 0 Å². The standard InChI is InChI=1S/C20H20FN3O3/c1-3-27-19-10-13(4-9-18(19)26-2)12-22-20(25)17-11-16(23-24-17)14-5-7-15(21)8-6-14/h4-11H,3,12H2,1-2H3,(H,22,25)(H,23,24). The van der Waals surface area contributed by atoms with Gasteiger partial charge in [-0.2, -0.15) is 5.10 Å². The topological polar surface area (TPSA) is 76.2 Å². The van der Waals surface area contributed by atoms with Crippen LogP contribution in [0.2, 0.25) is 0 Å². The van der Waals surface area contributed by atoms with E-state index in [2.05, 4.69) is 15.5 Å². The van der Waals surface area contributed by atoms with Crippen LogP contribution < -0.4 is 14.8 Å². The molecule has 3 rings (SSSR count). The smallest absolute Gasteiger partial charge is 0.269 e. The second-order valence-electron chi connectivity index (χ2n) is 5.77. The molecule has 0 aliphatic rings. The number of amides is 1. The van der Waals surface area contributed by atoms with Crippen molar-refractivity contribution in [3.63, 3.8) is 0 Å². The van der Waals surface area contributed by atoms with Gasteiger partial charge in [0, 0.05) is 12.1 Å². The number of ether oxygens (including phenoxy) is 2. The van der Waals surface area contributed by atoms with E-state index in [1.54, 1.807) is 31.4 Å². The maximum atomic E-state index is 13.0. The first-order valence-corrected chi connectivity index (χ1v) is 8.50. The van der Waals surface area contributed by atoms with Crippen molar-refractivity contribution in [2.24, 2.45) is 0 Å². The van der Waals surface area contributed by atoms with Crippen molar-refractivity contribution in [2.75, 3.05) is 13.7 Å². The van der Waals surface area contributed by atoms with Crippen LogP contribution in [0.4, 0.5) is 4.39 Å². The molecule has 1 aromatic heterocycles. The van der Waals surface area contributed by atoms with Gasteiger partial charge in [-0.3, -0.25) is 9.89 Å². The summed E-state index contributed by atoms with van der Waals surface area (Å²) in [6.45, 7) is 2.74. The molecule has 0 atom stereocenters. The van der Waals surface area contributed by atoms with E-state index in [1.165, 1.54) is 12.1 Å². The van der Waals surface area contributed by atoms with Gasteiger partial charge < -0.3 is 14.8 Å². The molecule has 27 heavy (non-hydrogen) atoms. The Hall–Kier alpha value is -3.35. The van der Waals surface area contributed by atoms with E-state index < -0.39 is 0 Å². The van der Waals surface area contributed by atoms with Crippen molar-refractivity contribution in [2.45, 2.75) is 13.5 Å². The first-order chi connectivity index (χ1) is 13.1. The van der Waals surface area contributed by atoms with Crippen LogP contribution in [-0.2, 0) is 6.54 Å². The van der Waals surface area contributed by atoms with Gasteiger partial charge in [0.2, 0.25) is 0 Å². The van der Waals surface area contributed by atoms with E-state index in [9.17, 15) is 9.18 Å². The fourth-order valence-corrected chi connectivity index (χ4v) is 2.58. The minimum atomic E-state index is -0.321. The third-order valence-corrected chi connectivity index (χ3v) is 3.94. The van der Waals surface area contributed by atoms with E-state index in [1.807, 2.05) is 19.1 Å². The molecule has 0 aliphatic carbocycles. The number of carbonyl (C=O) groups is 1. The van der Waals surface area contributed by atoms with Crippen LogP contribution in [0.5, 0.6) is 11.5 Å². The lowest BCUT2D eigenvalue weighted by atomic mass is 10.1. The number of methoxy groups -OCH3 is 1. The lowest BCUT2D eigenvalue weighted by Crippen LogP contribution is -2.23. The molecule has 0 bridgehead atoms. The van der Waals surface area contributed by atoms with E-state index in [0.29, 0.717) is 36.0 Å². The third-order valence-electron chi connectivity index (χ3n) is 3.94. The fraction of sp³-hybridized carbons (Fsp3) is 0.200. The molecule has 2 aromatic carbocycles. The molecule has 140 valence electrons. The predicted molar refractivity (Wildman–Crippen MR) is 99.3 cm³/mol. The zero-order chi connectivity index (χ0) is 19.2. The number of carbonyl (C=O) groups excluding carboxylic acids is 1. The van der Waals surface area contributed by atoms with Crippen LogP contribution in [0.25, 0.3) is 11.3 Å². The molecule has 0 radical (unpaired) electrons. The molecule has 7 heteroatoms. The van der Waals surface area contributed by atoms with Crippen LogP contribution in [0.15, 0.2) is 48.5 Å². The molecule has 0 unspecified atom stereocenters. The number of aromatic nitrogens is 2. The van der Waals surface area contributed by atoms with Crippen molar-refractivity contribution >= 4 is 5.91 Å². The second kappa shape index (κ2) is 8.35. The molecule has 0 aliphatic heterocycles. The Morgan fingerprint density at radius 2 is 1.93 bits per heavy atom. The van der Waals surface area contributed by atoms with Crippen LogP contribution >= 0.6 is 0 Å². The van der Waals surface area contributed by atoms with E-state index in [4.69, 9.17) is 9.47 Å². The van der Waals surface area contributed by atoms with Crippen molar-refractivity contribution in [3.05, 3.63) is 65.6 Å². The summed E-state index contributed by atoms with van der Waals surface area (Å²) in [5, 5.41) is 9.64. The Morgan fingerprint density at radius 3 is 2.63 bits per heavy atom. The Morgan fingerprint density at radius 1 is 1.15 bits per heavy atom. The van der Waals surface area contributed by atoms with Gasteiger partial charge in [-0.15, -0.1) is 0 Å². The average Bonchev–Trinajstić information content (AvgIpc) is 3.17. The minimum Gasteiger partial charge on any atom is -0.493 e. The van der Waals surface area contributed by atoms with Crippen molar-refractivity contribution in [1.29, 1.82) is 0 Å². The van der Waals surface area contributed by atoms with Gasteiger partial charge in [0.1, 0.15) is 11.5 Å². The SMILES string of the molecule is CCOc1cc(CNC(=O)c2cc(-c3ccc(F)cc3)n[nH]2)ccc1OC. The molecule has 1 heterocycles. The van der Waals surface area contributed by atoms with Crippen LogP contribution in [0, 0.1) is 5.82 Å². The molecule has 1 amide bonds. The normalized spacial score (nSPS) is 10.5. The van der Waals surface area contributed by atoms with Gasteiger partial charge in [0.25, 0.3) is 5.91 Å². The van der Waals surface area contributed by atoms with E-state index in [0.717, 1.165) is 11.1 Å². The molecule has 6 nitrogen and oxygen atoms in total. The Balaban J connectivity index is 1.66. The first kappa shape index (κ1) is 18.4. The van der Waals surface area contributed by atoms with Gasteiger partial charge in [-0.05, 0) is 55.0 Å². The molecule has 0 spiro atoms. The Bertz CT molecular complexity index is 922. The van der Waals surface area contributed by atoms with Gasteiger partial charge in [0.05, 0.1) is 19.4 Å². The Kier molecular flexibility index (Phi) is 5.71. The second-order valence-corrected chi connectivity index (χ2v) is 5.77. The van der Waals surface area contributed by atoms with Crippen molar-refractivity contribution in [1.82, 2.24) is 15.5 Å². The van der Waals surface area contributed by atoms with Gasteiger partial charge >= 0.3 is 0 Å². The number of hydrogen-bond acceptors (Lipinski definition) is 4. The molecule has 0 saturated carbocycles. The summed E-state index contributed by atoms with van der Waals surface area (Å²) in [5.41, 5.74) is 2.50. The molecule has 0 fully saturated rings. The van der Waals surface area contributed by atoms with E-state index >= 15 is 0 Å². The molecule has 0 saturated heterocycles. The number of H-pyrrole nitrogens is 1. The van der Waals surface area contributed by atoms with Crippen molar-refractivity contribution < 1.29 is 18.7 Å². The molecule has 2 N–H and O–H groups in total. The number of nitrogens with one attached hydrogen (secondary N) is 2. The maximum absolute atomic E-state index is 13.0. The van der Waals surface area contributed by atoms with Crippen LogP contribution in [-0.4, -0.2) is 29.8 Å². The van der Waals surface area contributed by atoms with Crippen LogP contribution in [0.1, 0.15) is 23.0 Å². The van der Waals surface area contributed by atoms with E-state index in [-0.39, 0.29) is 11.7 Å². The summed E-state index contributed by atoms with van der Waals surface area (Å²) in [6.07, 6.45) is 0. The minimum absolute atomic E-state index is 0.287. The summed E-state index contributed by atoms with van der Waals surface area (Å²) in [5.74, 6) is 0.666. The number of halogens is 1. The third kappa shape index (κ3) is 4.44. The summed E-state index contributed by atoms with van der Waals surface area (Å²) in [7, 11) is 1.58. The quantitative estimate of drug-likeness (QED) is 0.668. The summed E-state index contributed by atoms with van der Waals surface area (Å²) < 4.78 is 23.8. The summed E-state index contributed by atoms with van der Waals surface area (Å²) >= 11 is 0. The first-order valence-electron chi connectivity index (χ1n) is 8.50. The Labute approximate surface area is 156 Å². The fourth-order valence-electron chi connectivity index (χ4n) is 2.58. The number of aromatic amines is 1. The number of rotatable bonds is 7. The average molecular weight is 369 g/mol. The summed E-state index contributed by atoms with van der Waals surface area (Å²) in [4.78, 5) is 12.4. The monoisotopic (exact) mass is 369 g/mol. The van der Waals surface area contributed by atoms with Gasteiger partial charge in [-0.25, -0.2) is 4.39 Å². The largest absolute Gasteiger partial charge is 0.493 e. The number of benzene rings is 2.